The molecule has 1 fully saturated rings. The van der Waals surface area contributed by atoms with Gasteiger partial charge in [0.2, 0.25) is 0 Å². The summed E-state index contributed by atoms with van der Waals surface area (Å²) in [6.07, 6.45) is 1.82. The van der Waals surface area contributed by atoms with Crippen LogP contribution in [-0.2, 0) is 0 Å². The highest BCUT2D eigenvalue weighted by atomic mass is 16.3. The second-order valence-corrected chi connectivity index (χ2v) is 4.48. The molecule has 0 bridgehead atoms. The summed E-state index contributed by atoms with van der Waals surface area (Å²) < 4.78 is 0. The third kappa shape index (κ3) is 1.56. The predicted octanol–water partition coefficient (Wildman–Crippen LogP) is 1.56. The van der Waals surface area contributed by atoms with Gasteiger partial charge in [-0.2, -0.15) is 0 Å². The van der Waals surface area contributed by atoms with Gasteiger partial charge in [0.25, 0.3) is 0 Å². The molecule has 0 amide bonds. The van der Waals surface area contributed by atoms with E-state index in [2.05, 4.69) is 31.2 Å². The van der Waals surface area contributed by atoms with Crippen LogP contribution in [0.25, 0.3) is 0 Å². The summed E-state index contributed by atoms with van der Waals surface area (Å²) in [6.45, 7) is 2.24. The third-order valence-electron chi connectivity index (χ3n) is 3.25. The molecule has 0 spiro atoms. The number of nitrogens with two attached hydrogens (primary N) is 1. The molecule has 1 saturated carbocycles. The van der Waals surface area contributed by atoms with Crippen LogP contribution in [0.5, 0.6) is 0 Å². The van der Waals surface area contributed by atoms with Crippen molar-refractivity contribution in [1.29, 1.82) is 0 Å². The number of aliphatic hydroxyl groups excluding tert-OH is 1. The lowest BCUT2D eigenvalue weighted by atomic mass is 9.66. The van der Waals surface area contributed by atoms with Gasteiger partial charge >= 0.3 is 0 Å². The van der Waals surface area contributed by atoms with Crippen LogP contribution >= 0.6 is 0 Å². The van der Waals surface area contributed by atoms with Gasteiger partial charge < -0.3 is 10.8 Å². The van der Waals surface area contributed by atoms with Crippen molar-refractivity contribution in [2.75, 3.05) is 6.61 Å². The van der Waals surface area contributed by atoms with E-state index in [1.807, 2.05) is 0 Å². The lowest BCUT2D eigenvalue weighted by molar-refractivity contribution is 0.106. The van der Waals surface area contributed by atoms with Gasteiger partial charge in [-0.3, -0.25) is 0 Å². The lowest BCUT2D eigenvalue weighted by Crippen LogP contribution is -2.53. The van der Waals surface area contributed by atoms with Crippen LogP contribution in [0.4, 0.5) is 0 Å². The zero-order valence-corrected chi connectivity index (χ0v) is 8.53. The van der Waals surface area contributed by atoms with Gasteiger partial charge in [-0.25, -0.2) is 0 Å². The zero-order valence-electron chi connectivity index (χ0n) is 8.53. The summed E-state index contributed by atoms with van der Waals surface area (Å²) in [4.78, 5) is 0. The van der Waals surface area contributed by atoms with Gasteiger partial charge in [-0.05, 0) is 36.8 Å². The molecule has 3 N–H and O–H groups in total. The van der Waals surface area contributed by atoms with Gasteiger partial charge in [0, 0.05) is 5.54 Å². The molecular weight excluding hydrogens is 174 g/mol. The maximum Gasteiger partial charge on any atom is 0.0611 e. The van der Waals surface area contributed by atoms with E-state index in [0.29, 0.717) is 5.92 Å². The van der Waals surface area contributed by atoms with Crippen molar-refractivity contribution < 1.29 is 5.11 Å². The minimum absolute atomic E-state index is 0.107. The highest BCUT2D eigenvalue weighted by Gasteiger charge is 2.41. The Morgan fingerprint density at radius 1 is 1.43 bits per heavy atom. The molecule has 1 aliphatic rings. The molecule has 0 radical (unpaired) electrons. The van der Waals surface area contributed by atoms with Gasteiger partial charge in [-0.1, -0.05) is 24.3 Å². The Bertz CT molecular complexity index is 329. The first-order valence-electron chi connectivity index (χ1n) is 5.10. The summed E-state index contributed by atoms with van der Waals surface area (Å²) in [6, 6.07) is 8.42. The summed E-state index contributed by atoms with van der Waals surface area (Å²) in [7, 11) is 0. The molecule has 0 unspecified atom stereocenters. The van der Waals surface area contributed by atoms with Crippen molar-refractivity contribution in [2.24, 2.45) is 5.73 Å². The van der Waals surface area contributed by atoms with Crippen molar-refractivity contribution >= 4 is 0 Å². The van der Waals surface area contributed by atoms with E-state index in [1.54, 1.807) is 0 Å². The van der Waals surface area contributed by atoms with Crippen molar-refractivity contribution in [3.63, 3.8) is 0 Å². The third-order valence-corrected chi connectivity index (χ3v) is 3.25. The molecule has 0 aliphatic heterocycles. The topological polar surface area (TPSA) is 46.2 Å². The normalized spacial score (nSPS) is 31.2. The van der Waals surface area contributed by atoms with E-state index in [4.69, 9.17) is 10.8 Å². The molecule has 0 saturated heterocycles. The zero-order chi connectivity index (χ0) is 10.2. The number of rotatable bonds is 2. The standard InChI is InChI=1S/C12H17NO/c1-9-4-2-3-5-11(9)10-6-12(13,7-10)8-14/h2-5,10,14H,6-8,13H2,1H3. The summed E-state index contributed by atoms with van der Waals surface area (Å²) in [5, 5.41) is 9.05. The monoisotopic (exact) mass is 191 g/mol. The minimum atomic E-state index is -0.313. The van der Waals surface area contributed by atoms with Gasteiger partial charge in [0.15, 0.2) is 0 Å². The minimum Gasteiger partial charge on any atom is -0.394 e. The Morgan fingerprint density at radius 3 is 2.64 bits per heavy atom. The highest BCUT2D eigenvalue weighted by molar-refractivity contribution is 5.32. The molecule has 14 heavy (non-hydrogen) atoms. The molecule has 0 heterocycles. The average Bonchev–Trinajstić information content (AvgIpc) is 2.14. The quantitative estimate of drug-likeness (QED) is 0.745. The predicted molar refractivity (Wildman–Crippen MR) is 57.2 cm³/mol. The fourth-order valence-corrected chi connectivity index (χ4v) is 2.32. The van der Waals surface area contributed by atoms with E-state index in [1.165, 1.54) is 11.1 Å². The van der Waals surface area contributed by atoms with E-state index >= 15 is 0 Å². The Kier molecular flexibility index (Phi) is 2.33. The largest absolute Gasteiger partial charge is 0.394 e. The van der Waals surface area contributed by atoms with E-state index in [0.717, 1.165) is 12.8 Å². The van der Waals surface area contributed by atoms with Crippen molar-refractivity contribution in [3.8, 4) is 0 Å². The van der Waals surface area contributed by atoms with Crippen LogP contribution in [0.1, 0.15) is 29.9 Å². The van der Waals surface area contributed by atoms with Gasteiger partial charge in [0.05, 0.1) is 6.61 Å². The maximum absolute atomic E-state index is 9.05. The van der Waals surface area contributed by atoms with Crippen molar-refractivity contribution in [1.82, 2.24) is 0 Å². The molecule has 2 rings (SSSR count). The first-order chi connectivity index (χ1) is 6.64. The fourth-order valence-electron chi connectivity index (χ4n) is 2.32. The van der Waals surface area contributed by atoms with Crippen LogP contribution < -0.4 is 5.73 Å². The number of aliphatic hydroxyl groups is 1. The molecule has 76 valence electrons. The summed E-state index contributed by atoms with van der Waals surface area (Å²) in [5.41, 5.74) is 8.34. The molecule has 2 nitrogen and oxygen atoms in total. The molecule has 0 aromatic heterocycles. The number of hydrogen-bond acceptors (Lipinski definition) is 2. The Hall–Kier alpha value is -0.860. The second kappa shape index (κ2) is 3.37. The number of aryl methyl sites for hydroxylation is 1. The molecule has 1 aliphatic carbocycles. The summed E-state index contributed by atoms with van der Waals surface area (Å²) in [5.74, 6) is 0.549. The first-order valence-corrected chi connectivity index (χ1v) is 5.10. The Labute approximate surface area is 84.7 Å². The number of hydrogen-bond donors (Lipinski definition) is 2. The number of benzene rings is 1. The van der Waals surface area contributed by atoms with Crippen molar-refractivity contribution in [2.45, 2.75) is 31.2 Å². The smallest absolute Gasteiger partial charge is 0.0611 e. The van der Waals surface area contributed by atoms with Crippen molar-refractivity contribution in [3.05, 3.63) is 35.4 Å². The van der Waals surface area contributed by atoms with Crippen LogP contribution in [0.2, 0.25) is 0 Å². The molecule has 0 atom stereocenters. The van der Waals surface area contributed by atoms with E-state index < -0.39 is 0 Å². The SMILES string of the molecule is Cc1ccccc1C1CC(N)(CO)C1. The van der Waals surface area contributed by atoms with Gasteiger partial charge in [0.1, 0.15) is 0 Å². The van der Waals surface area contributed by atoms with E-state index in [9.17, 15) is 0 Å². The molecular formula is C12H17NO. The van der Waals surface area contributed by atoms with Crippen LogP contribution in [-0.4, -0.2) is 17.3 Å². The molecule has 1 aromatic rings. The fraction of sp³-hybridized carbons (Fsp3) is 0.500. The first kappa shape index (κ1) is 9.69. The lowest BCUT2D eigenvalue weighted by Gasteiger charge is -2.44. The highest BCUT2D eigenvalue weighted by Crippen LogP contribution is 2.43. The molecule has 2 heteroatoms. The van der Waals surface area contributed by atoms with Crippen LogP contribution in [0.15, 0.2) is 24.3 Å². The second-order valence-electron chi connectivity index (χ2n) is 4.48. The maximum atomic E-state index is 9.05. The average molecular weight is 191 g/mol. The van der Waals surface area contributed by atoms with Gasteiger partial charge in [-0.15, -0.1) is 0 Å². The Morgan fingerprint density at radius 2 is 2.07 bits per heavy atom. The van der Waals surface area contributed by atoms with Crippen LogP contribution in [0.3, 0.4) is 0 Å². The molecule has 1 aromatic carbocycles. The van der Waals surface area contributed by atoms with E-state index in [-0.39, 0.29) is 12.1 Å². The summed E-state index contributed by atoms with van der Waals surface area (Å²) >= 11 is 0. The van der Waals surface area contributed by atoms with Crippen LogP contribution in [0, 0.1) is 6.92 Å². The Balaban J connectivity index is 2.10.